The standard InChI is InChI=1S/C15H12F3NOS/c1-9(21-12-5-2-10(16)3-6-12)15(20)19-14-8-11(17)4-7-13(14)18/h2-9H,1H3,(H,19,20)/t9-/m1/s1. The monoisotopic (exact) mass is 311 g/mol. The van der Waals surface area contributed by atoms with E-state index in [2.05, 4.69) is 5.32 Å². The third-order valence-electron chi connectivity index (χ3n) is 2.68. The molecule has 6 heteroatoms. The average Bonchev–Trinajstić information content (AvgIpc) is 2.45. The first-order valence-electron chi connectivity index (χ1n) is 6.14. The SMILES string of the molecule is C[C@@H](Sc1ccc(F)cc1)C(=O)Nc1cc(F)ccc1F. The van der Waals surface area contributed by atoms with Crippen molar-refractivity contribution in [1.29, 1.82) is 0 Å². The lowest BCUT2D eigenvalue weighted by atomic mass is 10.3. The predicted molar refractivity (Wildman–Crippen MR) is 76.7 cm³/mol. The van der Waals surface area contributed by atoms with Gasteiger partial charge >= 0.3 is 0 Å². The molecule has 0 saturated carbocycles. The number of hydrogen-bond acceptors (Lipinski definition) is 2. The van der Waals surface area contributed by atoms with Crippen molar-refractivity contribution >= 4 is 23.4 Å². The van der Waals surface area contributed by atoms with E-state index >= 15 is 0 Å². The van der Waals surface area contributed by atoms with E-state index in [1.165, 1.54) is 23.9 Å². The van der Waals surface area contributed by atoms with Crippen LogP contribution in [-0.2, 0) is 4.79 Å². The number of benzene rings is 2. The molecule has 2 aromatic carbocycles. The number of hydrogen-bond donors (Lipinski definition) is 1. The molecule has 1 atom stereocenters. The quantitative estimate of drug-likeness (QED) is 0.856. The van der Waals surface area contributed by atoms with E-state index in [9.17, 15) is 18.0 Å². The van der Waals surface area contributed by atoms with E-state index in [1.54, 1.807) is 19.1 Å². The molecule has 1 amide bonds. The molecule has 1 N–H and O–H groups in total. The smallest absolute Gasteiger partial charge is 0.237 e. The molecule has 0 heterocycles. The third kappa shape index (κ3) is 4.26. The van der Waals surface area contributed by atoms with E-state index < -0.39 is 22.8 Å². The van der Waals surface area contributed by atoms with Crippen molar-refractivity contribution in [2.45, 2.75) is 17.1 Å². The van der Waals surface area contributed by atoms with Crippen molar-refractivity contribution in [2.75, 3.05) is 5.32 Å². The molecule has 2 rings (SSSR count). The van der Waals surface area contributed by atoms with Crippen molar-refractivity contribution in [3.8, 4) is 0 Å². The van der Waals surface area contributed by atoms with Crippen LogP contribution < -0.4 is 5.32 Å². The van der Waals surface area contributed by atoms with Crippen molar-refractivity contribution in [3.63, 3.8) is 0 Å². The van der Waals surface area contributed by atoms with Crippen molar-refractivity contribution in [3.05, 3.63) is 59.9 Å². The minimum absolute atomic E-state index is 0.202. The minimum atomic E-state index is -0.705. The largest absolute Gasteiger partial charge is 0.323 e. The highest BCUT2D eigenvalue weighted by atomic mass is 32.2. The zero-order valence-electron chi connectivity index (χ0n) is 11.1. The second-order valence-corrected chi connectivity index (χ2v) is 5.74. The van der Waals surface area contributed by atoms with Gasteiger partial charge in [0.25, 0.3) is 0 Å². The van der Waals surface area contributed by atoms with Gasteiger partial charge in [-0.1, -0.05) is 0 Å². The maximum absolute atomic E-state index is 13.4. The maximum Gasteiger partial charge on any atom is 0.237 e. The van der Waals surface area contributed by atoms with Gasteiger partial charge in [0.15, 0.2) is 0 Å². The van der Waals surface area contributed by atoms with Crippen LogP contribution in [0.25, 0.3) is 0 Å². The fraction of sp³-hybridized carbons (Fsp3) is 0.133. The van der Waals surface area contributed by atoms with Crippen LogP contribution in [0, 0.1) is 17.5 Å². The lowest BCUT2D eigenvalue weighted by Gasteiger charge is -2.12. The van der Waals surface area contributed by atoms with Crippen LogP contribution in [0.1, 0.15) is 6.92 Å². The Morgan fingerprint density at radius 1 is 1.05 bits per heavy atom. The molecular formula is C15H12F3NOS. The molecule has 0 fully saturated rings. The Kier molecular flexibility index (Phi) is 4.90. The summed E-state index contributed by atoms with van der Waals surface area (Å²) in [4.78, 5) is 12.7. The summed E-state index contributed by atoms with van der Waals surface area (Å²) in [6.07, 6.45) is 0. The van der Waals surface area contributed by atoms with Crippen LogP contribution >= 0.6 is 11.8 Å². The summed E-state index contributed by atoms with van der Waals surface area (Å²) in [6.45, 7) is 1.63. The zero-order valence-corrected chi connectivity index (χ0v) is 11.9. The van der Waals surface area contributed by atoms with Crippen LogP contribution in [0.2, 0.25) is 0 Å². The highest BCUT2D eigenvalue weighted by Gasteiger charge is 2.16. The van der Waals surface area contributed by atoms with Gasteiger partial charge in [0.2, 0.25) is 5.91 Å². The van der Waals surface area contributed by atoms with Gasteiger partial charge in [0.05, 0.1) is 10.9 Å². The summed E-state index contributed by atoms with van der Waals surface area (Å²) in [7, 11) is 0. The first-order chi connectivity index (χ1) is 9.95. The van der Waals surface area contributed by atoms with Crippen molar-refractivity contribution in [2.24, 2.45) is 0 Å². The lowest BCUT2D eigenvalue weighted by molar-refractivity contribution is -0.115. The third-order valence-corrected chi connectivity index (χ3v) is 3.79. The Morgan fingerprint density at radius 2 is 1.67 bits per heavy atom. The molecule has 0 aromatic heterocycles. The second kappa shape index (κ2) is 6.67. The Hall–Kier alpha value is -1.95. The first-order valence-corrected chi connectivity index (χ1v) is 7.02. The van der Waals surface area contributed by atoms with E-state index in [0.717, 1.165) is 18.2 Å². The number of carbonyl (C=O) groups is 1. The molecule has 0 saturated heterocycles. The molecule has 2 aromatic rings. The first kappa shape index (κ1) is 15.4. The molecule has 21 heavy (non-hydrogen) atoms. The number of nitrogens with one attached hydrogen (secondary N) is 1. The van der Waals surface area contributed by atoms with Crippen molar-refractivity contribution in [1.82, 2.24) is 0 Å². The van der Waals surface area contributed by atoms with E-state index in [0.29, 0.717) is 4.90 Å². The summed E-state index contributed by atoms with van der Waals surface area (Å²) in [5.41, 5.74) is -0.202. The van der Waals surface area contributed by atoms with Gasteiger partial charge in [-0.05, 0) is 43.3 Å². The average molecular weight is 311 g/mol. The number of halogens is 3. The van der Waals surface area contributed by atoms with Gasteiger partial charge in [-0.3, -0.25) is 4.79 Å². The molecule has 0 aliphatic rings. The number of rotatable bonds is 4. The maximum atomic E-state index is 13.4. The van der Waals surface area contributed by atoms with Crippen LogP contribution in [0.3, 0.4) is 0 Å². The highest BCUT2D eigenvalue weighted by molar-refractivity contribution is 8.00. The van der Waals surface area contributed by atoms with Gasteiger partial charge < -0.3 is 5.32 Å². The van der Waals surface area contributed by atoms with Gasteiger partial charge in [-0.2, -0.15) is 0 Å². The van der Waals surface area contributed by atoms with Crippen LogP contribution in [-0.4, -0.2) is 11.2 Å². The molecule has 0 bridgehead atoms. The molecule has 110 valence electrons. The van der Waals surface area contributed by atoms with Gasteiger partial charge in [-0.15, -0.1) is 11.8 Å². The molecular weight excluding hydrogens is 299 g/mol. The molecule has 2 nitrogen and oxygen atoms in total. The molecule has 0 aliphatic heterocycles. The summed E-state index contributed by atoms with van der Waals surface area (Å²) < 4.78 is 39.2. The summed E-state index contributed by atoms with van der Waals surface area (Å²) in [6, 6.07) is 8.52. The highest BCUT2D eigenvalue weighted by Crippen LogP contribution is 2.25. The summed E-state index contributed by atoms with van der Waals surface area (Å²) in [5, 5.41) is 1.79. The minimum Gasteiger partial charge on any atom is -0.323 e. The van der Waals surface area contributed by atoms with Gasteiger partial charge in [0, 0.05) is 11.0 Å². The van der Waals surface area contributed by atoms with Crippen LogP contribution in [0.15, 0.2) is 47.4 Å². The fourth-order valence-electron chi connectivity index (χ4n) is 1.60. The topological polar surface area (TPSA) is 29.1 Å². The summed E-state index contributed by atoms with van der Waals surface area (Å²) >= 11 is 1.19. The Balaban J connectivity index is 2.02. The Bertz CT molecular complexity index is 646. The Morgan fingerprint density at radius 3 is 2.33 bits per heavy atom. The second-order valence-electron chi connectivity index (χ2n) is 4.33. The van der Waals surface area contributed by atoms with Gasteiger partial charge in [-0.25, -0.2) is 13.2 Å². The van der Waals surface area contributed by atoms with E-state index in [-0.39, 0.29) is 11.5 Å². The number of thioether (sulfide) groups is 1. The molecule has 0 radical (unpaired) electrons. The van der Waals surface area contributed by atoms with Crippen LogP contribution in [0.5, 0.6) is 0 Å². The molecule has 0 aliphatic carbocycles. The van der Waals surface area contributed by atoms with Crippen molar-refractivity contribution < 1.29 is 18.0 Å². The van der Waals surface area contributed by atoms with E-state index in [1.807, 2.05) is 0 Å². The lowest BCUT2D eigenvalue weighted by Crippen LogP contribution is -2.23. The molecule has 0 unspecified atom stereocenters. The zero-order chi connectivity index (χ0) is 15.4. The predicted octanol–water partition coefficient (Wildman–Crippen LogP) is 4.22. The Labute approximate surface area is 124 Å². The number of amides is 1. The number of anilines is 1. The molecule has 0 spiro atoms. The van der Waals surface area contributed by atoms with Gasteiger partial charge in [0.1, 0.15) is 17.5 Å². The van der Waals surface area contributed by atoms with Crippen LogP contribution in [0.4, 0.5) is 18.9 Å². The summed E-state index contributed by atoms with van der Waals surface area (Å²) in [5.74, 6) is -2.17. The fourth-order valence-corrected chi connectivity index (χ4v) is 2.47. The number of carbonyl (C=O) groups excluding carboxylic acids is 1. The van der Waals surface area contributed by atoms with E-state index in [4.69, 9.17) is 0 Å². The normalized spacial score (nSPS) is 12.0.